The van der Waals surface area contributed by atoms with E-state index in [1.165, 1.54) is 18.7 Å². The molecule has 0 aliphatic carbocycles. The molecule has 2 amide bonds. The van der Waals surface area contributed by atoms with Gasteiger partial charge in [-0.25, -0.2) is 9.18 Å². The minimum Gasteiger partial charge on any atom is -0.494 e. The molecule has 2 aromatic carbocycles. The molecule has 1 atom stereocenters. The summed E-state index contributed by atoms with van der Waals surface area (Å²) in [5, 5.41) is 3.73. The van der Waals surface area contributed by atoms with Crippen molar-refractivity contribution < 1.29 is 13.9 Å². The summed E-state index contributed by atoms with van der Waals surface area (Å²) < 4.78 is 18.8. The highest BCUT2D eigenvalue weighted by Gasteiger charge is 2.24. The Morgan fingerprint density at radius 3 is 2.86 bits per heavy atom. The van der Waals surface area contributed by atoms with Gasteiger partial charge in [-0.1, -0.05) is 23.7 Å². The van der Waals surface area contributed by atoms with Gasteiger partial charge in [-0.2, -0.15) is 0 Å². The smallest absolute Gasteiger partial charge is 0.317 e. The number of benzene rings is 2. The molecule has 1 saturated heterocycles. The number of halogens is 2. The Balaban J connectivity index is 1.49. The first-order valence-corrected chi connectivity index (χ1v) is 10.1. The van der Waals surface area contributed by atoms with Gasteiger partial charge in [-0.05, 0) is 54.7 Å². The molecular formula is C22H27ClFN3O2. The van der Waals surface area contributed by atoms with E-state index < -0.39 is 5.82 Å². The zero-order valence-electron chi connectivity index (χ0n) is 17.0. The molecule has 3 rings (SSSR count). The highest BCUT2D eigenvalue weighted by atomic mass is 35.5. The highest BCUT2D eigenvalue weighted by molar-refractivity contribution is 6.30. The van der Waals surface area contributed by atoms with E-state index in [2.05, 4.69) is 17.1 Å². The van der Waals surface area contributed by atoms with E-state index in [-0.39, 0.29) is 11.8 Å². The van der Waals surface area contributed by atoms with E-state index in [1.54, 1.807) is 24.1 Å². The van der Waals surface area contributed by atoms with Crippen LogP contribution in [0.15, 0.2) is 36.4 Å². The largest absolute Gasteiger partial charge is 0.494 e. The predicted octanol–water partition coefficient (Wildman–Crippen LogP) is 4.46. The molecule has 2 aromatic rings. The number of nitrogens with zero attached hydrogens (tertiary/aromatic N) is 2. The van der Waals surface area contributed by atoms with Gasteiger partial charge in [0.05, 0.1) is 7.11 Å². The lowest BCUT2D eigenvalue weighted by Gasteiger charge is -2.22. The van der Waals surface area contributed by atoms with Crippen LogP contribution in [0.1, 0.15) is 17.5 Å². The van der Waals surface area contributed by atoms with Gasteiger partial charge in [0.15, 0.2) is 11.6 Å². The van der Waals surface area contributed by atoms with Gasteiger partial charge in [-0.3, -0.25) is 0 Å². The molecule has 1 unspecified atom stereocenters. The number of nitrogens with one attached hydrogen (secondary N) is 1. The third-order valence-corrected chi connectivity index (χ3v) is 5.56. The number of ether oxygens (including phenoxy) is 1. The molecule has 0 aromatic heterocycles. The first kappa shape index (κ1) is 21.2. The third kappa shape index (κ3) is 5.32. The lowest BCUT2D eigenvalue weighted by molar-refractivity contribution is 0.205. The van der Waals surface area contributed by atoms with Gasteiger partial charge in [0.2, 0.25) is 0 Å². The lowest BCUT2D eigenvalue weighted by Crippen LogP contribution is -2.39. The van der Waals surface area contributed by atoms with Crippen LogP contribution in [0.5, 0.6) is 5.75 Å². The summed E-state index contributed by atoms with van der Waals surface area (Å²) in [4.78, 5) is 16.3. The maximum Gasteiger partial charge on any atom is 0.317 e. The van der Waals surface area contributed by atoms with Crippen LogP contribution >= 0.6 is 11.6 Å². The molecule has 1 N–H and O–H groups in total. The number of carbonyl (C=O) groups excluding carboxylic acids is 1. The number of aryl methyl sites for hydroxylation is 1. The van der Waals surface area contributed by atoms with E-state index in [0.29, 0.717) is 24.6 Å². The number of carbonyl (C=O) groups is 1. The second kappa shape index (κ2) is 9.35. The fourth-order valence-corrected chi connectivity index (χ4v) is 3.83. The number of hydrogen-bond acceptors (Lipinski definition) is 3. The van der Waals surface area contributed by atoms with Gasteiger partial charge in [-0.15, -0.1) is 0 Å². The Morgan fingerprint density at radius 1 is 1.34 bits per heavy atom. The maximum absolute atomic E-state index is 13.8. The number of rotatable bonds is 6. The minimum atomic E-state index is -0.429. The SMILES string of the molecule is COc1ccc(CN(C)C(=O)NCC2CCN(c3cc(Cl)ccc3C)C2)cc1F. The van der Waals surface area contributed by atoms with Gasteiger partial charge in [0, 0.05) is 43.9 Å². The molecular weight excluding hydrogens is 393 g/mol. The Morgan fingerprint density at radius 2 is 2.14 bits per heavy atom. The zero-order chi connectivity index (χ0) is 21.0. The van der Waals surface area contributed by atoms with Crippen LogP contribution in [0.25, 0.3) is 0 Å². The monoisotopic (exact) mass is 419 g/mol. The first-order chi connectivity index (χ1) is 13.9. The number of urea groups is 1. The Hall–Kier alpha value is -2.47. The minimum absolute atomic E-state index is 0.168. The summed E-state index contributed by atoms with van der Waals surface area (Å²) in [7, 11) is 3.13. The molecule has 1 aliphatic rings. The number of amides is 2. The van der Waals surface area contributed by atoms with Crippen LogP contribution < -0.4 is 15.0 Å². The average molecular weight is 420 g/mol. The molecule has 29 heavy (non-hydrogen) atoms. The average Bonchev–Trinajstić information content (AvgIpc) is 3.17. The topological polar surface area (TPSA) is 44.8 Å². The Kier molecular flexibility index (Phi) is 6.85. The molecule has 1 heterocycles. The number of anilines is 1. The van der Waals surface area contributed by atoms with Crippen molar-refractivity contribution in [2.45, 2.75) is 19.9 Å². The van der Waals surface area contributed by atoms with E-state index in [0.717, 1.165) is 30.2 Å². The van der Waals surface area contributed by atoms with Crippen LogP contribution in [-0.2, 0) is 6.54 Å². The van der Waals surface area contributed by atoms with E-state index in [9.17, 15) is 9.18 Å². The van der Waals surface area contributed by atoms with E-state index >= 15 is 0 Å². The second-order valence-electron chi connectivity index (χ2n) is 7.54. The summed E-state index contributed by atoms with van der Waals surface area (Å²) in [5.74, 6) is 0.145. The summed E-state index contributed by atoms with van der Waals surface area (Å²) in [5.41, 5.74) is 3.07. The number of hydrogen-bond donors (Lipinski definition) is 1. The van der Waals surface area contributed by atoms with Crippen molar-refractivity contribution in [3.8, 4) is 5.75 Å². The van der Waals surface area contributed by atoms with Crippen molar-refractivity contribution in [2.75, 3.05) is 38.7 Å². The fraction of sp³-hybridized carbons (Fsp3) is 0.409. The molecule has 0 saturated carbocycles. The summed E-state index contributed by atoms with van der Waals surface area (Å²) in [6.07, 6.45) is 1.01. The van der Waals surface area contributed by atoms with Crippen molar-refractivity contribution in [2.24, 2.45) is 5.92 Å². The normalized spacial score (nSPS) is 16.0. The van der Waals surface area contributed by atoms with Crippen molar-refractivity contribution in [3.05, 3.63) is 58.4 Å². The molecule has 5 nitrogen and oxygen atoms in total. The zero-order valence-corrected chi connectivity index (χ0v) is 17.8. The van der Waals surface area contributed by atoms with E-state index in [4.69, 9.17) is 16.3 Å². The lowest BCUT2D eigenvalue weighted by atomic mass is 10.1. The second-order valence-corrected chi connectivity index (χ2v) is 7.98. The van der Waals surface area contributed by atoms with Crippen LogP contribution in [0, 0.1) is 18.7 Å². The molecule has 0 bridgehead atoms. The summed E-state index contributed by atoms with van der Waals surface area (Å²) in [6.45, 7) is 4.84. The Bertz CT molecular complexity index is 877. The quantitative estimate of drug-likeness (QED) is 0.751. The van der Waals surface area contributed by atoms with Gasteiger partial charge < -0.3 is 19.9 Å². The molecule has 1 aliphatic heterocycles. The van der Waals surface area contributed by atoms with Crippen LogP contribution in [0.3, 0.4) is 0 Å². The first-order valence-electron chi connectivity index (χ1n) is 9.70. The van der Waals surface area contributed by atoms with Crippen molar-refractivity contribution >= 4 is 23.3 Å². The van der Waals surface area contributed by atoms with Crippen molar-refractivity contribution in [3.63, 3.8) is 0 Å². The van der Waals surface area contributed by atoms with Crippen molar-refractivity contribution in [1.29, 1.82) is 0 Å². The molecule has 1 fully saturated rings. The molecule has 0 spiro atoms. The molecule has 0 radical (unpaired) electrons. The van der Waals surface area contributed by atoms with Gasteiger partial charge >= 0.3 is 6.03 Å². The van der Waals surface area contributed by atoms with Crippen LogP contribution in [0.2, 0.25) is 5.02 Å². The van der Waals surface area contributed by atoms with Gasteiger partial charge in [0.1, 0.15) is 0 Å². The highest BCUT2D eigenvalue weighted by Crippen LogP contribution is 2.29. The number of methoxy groups -OCH3 is 1. The van der Waals surface area contributed by atoms with Crippen LogP contribution in [-0.4, -0.2) is 44.7 Å². The fourth-order valence-electron chi connectivity index (χ4n) is 3.66. The maximum atomic E-state index is 13.8. The summed E-state index contributed by atoms with van der Waals surface area (Å²) >= 11 is 6.14. The van der Waals surface area contributed by atoms with Crippen molar-refractivity contribution in [1.82, 2.24) is 10.2 Å². The molecule has 156 valence electrons. The summed E-state index contributed by atoms with van der Waals surface area (Å²) in [6, 6.07) is 10.5. The van der Waals surface area contributed by atoms with E-state index in [1.807, 2.05) is 18.2 Å². The third-order valence-electron chi connectivity index (χ3n) is 5.32. The molecule has 7 heteroatoms. The standard InChI is InChI=1S/C22H27ClFN3O2/c1-15-4-6-18(23)11-20(15)27-9-8-17(14-27)12-25-22(28)26(2)13-16-5-7-21(29-3)19(24)10-16/h4-7,10-11,17H,8-9,12-14H2,1-3H3,(H,25,28). The predicted molar refractivity (Wildman–Crippen MR) is 114 cm³/mol. The van der Waals surface area contributed by atoms with Crippen LogP contribution in [0.4, 0.5) is 14.9 Å². The van der Waals surface area contributed by atoms with Gasteiger partial charge in [0.25, 0.3) is 0 Å². The Labute approximate surface area is 176 Å².